The molecule has 0 aliphatic rings. The molecule has 0 fully saturated rings. The van der Waals surface area contributed by atoms with Gasteiger partial charge in [-0.05, 0) is 30.2 Å². The van der Waals surface area contributed by atoms with Gasteiger partial charge >= 0.3 is 0 Å². The number of nitrogens with zero attached hydrogens (tertiary/aromatic N) is 3. The molecule has 0 atom stereocenters. The summed E-state index contributed by atoms with van der Waals surface area (Å²) >= 11 is 0. The van der Waals surface area contributed by atoms with Gasteiger partial charge in [-0.1, -0.05) is 18.2 Å². The van der Waals surface area contributed by atoms with Gasteiger partial charge in [-0.3, -0.25) is 0 Å². The van der Waals surface area contributed by atoms with E-state index in [2.05, 4.69) is 10.1 Å². The maximum Gasteiger partial charge on any atom is 0.154 e. The van der Waals surface area contributed by atoms with Crippen molar-refractivity contribution in [1.29, 1.82) is 0 Å². The van der Waals surface area contributed by atoms with E-state index in [1.54, 1.807) is 4.68 Å². The summed E-state index contributed by atoms with van der Waals surface area (Å²) in [6.45, 7) is 2.50. The molecule has 2 aromatic heterocycles. The molecule has 0 amide bonds. The van der Waals surface area contributed by atoms with Crippen LogP contribution < -0.4 is 5.73 Å². The van der Waals surface area contributed by atoms with Gasteiger partial charge in [-0.2, -0.15) is 5.10 Å². The van der Waals surface area contributed by atoms with Crippen LogP contribution in [0.5, 0.6) is 0 Å². The maximum absolute atomic E-state index is 5.81. The number of hydrogen-bond acceptors (Lipinski definition) is 3. The van der Waals surface area contributed by atoms with Gasteiger partial charge in [0.1, 0.15) is 0 Å². The van der Waals surface area contributed by atoms with Gasteiger partial charge in [-0.15, -0.1) is 0 Å². The fraction of sp³-hybridized carbons (Fsp3) is 0.143. The fourth-order valence-corrected chi connectivity index (χ4v) is 2.06. The SMILES string of the molecule is Cc1cnn(-c2cc(CN)c3ccccc3n2)c1. The number of aromatic nitrogens is 3. The van der Waals surface area contributed by atoms with E-state index in [0.29, 0.717) is 6.54 Å². The number of benzene rings is 1. The van der Waals surface area contributed by atoms with Gasteiger partial charge in [0.15, 0.2) is 5.82 Å². The van der Waals surface area contributed by atoms with Crippen LogP contribution in [0.4, 0.5) is 0 Å². The lowest BCUT2D eigenvalue weighted by Crippen LogP contribution is -2.03. The Hall–Kier alpha value is -2.20. The molecular formula is C14H14N4. The predicted molar refractivity (Wildman–Crippen MR) is 71.5 cm³/mol. The Labute approximate surface area is 105 Å². The summed E-state index contributed by atoms with van der Waals surface area (Å²) in [4.78, 5) is 4.61. The van der Waals surface area contributed by atoms with Crippen molar-refractivity contribution in [3.05, 3.63) is 53.9 Å². The van der Waals surface area contributed by atoms with Gasteiger partial charge in [0, 0.05) is 18.1 Å². The first-order valence-electron chi connectivity index (χ1n) is 5.88. The number of rotatable bonds is 2. The average Bonchev–Trinajstić information content (AvgIpc) is 2.84. The summed E-state index contributed by atoms with van der Waals surface area (Å²) in [5, 5.41) is 5.39. The van der Waals surface area contributed by atoms with Crippen LogP contribution in [0.2, 0.25) is 0 Å². The lowest BCUT2D eigenvalue weighted by Gasteiger charge is -2.07. The van der Waals surface area contributed by atoms with Crippen molar-refractivity contribution in [3.8, 4) is 5.82 Å². The molecule has 0 aliphatic heterocycles. The average molecular weight is 238 g/mol. The van der Waals surface area contributed by atoms with E-state index in [4.69, 9.17) is 5.73 Å². The zero-order valence-corrected chi connectivity index (χ0v) is 10.2. The lowest BCUT2D eigenvalue weighted by molar-refractivity contribution is 0.848. The molecule has 0 radical (unpaired) electrons. The molecule has 3 aromatic rings. The van der Waals surface area contributed by atoms with Crippen LogP contribution in [-0.4, -0.2) is 14.8 Å². The van der Waals surface area contributed by atoms with Gasteiger partial charge in [0.25, 0.3) is 0 Å². The largest absolute Gasteiger partial charge is 0.326 e. The normalized spacial score (nSPS) is 11.0. The molecule has 4 heteroatoms. The molecule has 0 spiro atoms. The van der Waals surface area contributed by atoms with E-state index in [0.717, 1.165) is 27.8 Å². The molecular weight excluding hydrogens is 224 g/mol. The smallest absolute Gasteiger partial charge is 0.154 e. The van der Waals surface area contributed by atoms with Gasteiger partial charge in [0.05, 0.1) is 11.7 Å². The van der Waals surface area contributed by atoms with Crippen molar-refractivity contribution < 1.29 is 0 Å². The third-order valence-corrected chi connectivity index (χ3v) is 2.95. The van der Waals surface area contributed by atoms with Gasteiger partial charge in [0.2, 0.25) is 0 Å². The van der Waals surface area contributed by atoms with Crippen LogP contribution >= 0.6 is 0 Å². The number of hydrogen-bond donors (Lipinski definition) is 1. The topological polar surface area (TPSA) is 56.7 Å². The first kappa shape index (κ1) is 10.9. The first-order chi connectivity index (χ1) is 8.78. The van der Waals surface area contributed by atoms with Gasteiger partial charge < -0.3 is 5.73 Å². The zero-order valence-electron chi connectivity index (χ0n) is 10.2. The van der Waals surface area contributed by atoms with Crippen molar-refractivity contribution in [2.75, 3.05) is 0 Å². The van der Waals surface area contributed by atoms with Crippen LogP contribution in [-0.2, 0) is 6.54 Å². The monoisotopic (exact) mass is 238 g/mol. The second-order valence-corrected chi connectivity index (χ2v) is 4.32. The Bertz CT molecular complexity index is 700. The molecule has 2 heterocycles. The lowest BCUT2D eigenvalue weighted by atomic mass is 10.1. The highest BCUT2D eigenvalue weighted by Crippen LogP contribution is 2.19. The van der Waals surface area contributed by atoms with Crippen LogP contribution in [0, 0.1) is 6.92 Å². The number of pyridine rings is 1. The third kappa shape index (κ3) is 1.76. The summed E-state index contributed by atoms with van der Waals surface area (Å²) in [6, 6.07) is 10.0. The molecule has 0 saturated carbocycles. The number of nitrogens with two attached hydrogens (primary N) is 1. The van der Waals surface area contributed by atoms with Crippen molar-refractivity contribution in [3.63, 3.8) is 0 Å². The molecule has 0 saturated heterocycles. The molecule has 1 aromatic carbocycles. The van der Waals surface area contributed by atoms with Crippen molar-refractivity contribution in [2.45, 2.75) is 13.5 Å². The van der Waals surface area contributed by atoms with Crippen LogP contribution in [0.25, 0.3) is 16.7 Å². The molecule has 90 valence electrons. The Morgan fingerprint density at radius 1 is 1.28 bits per heavy atom. The quantitative estimate of drug-likeness (QED) is 0.744. The molecule has 18 heavy (non-hydrogen) atoms. The standard InChI is InChI=1S/C14H14N4/c1-10-8-16-18(9-10)14-6-11(7-15)12-4-2-3-5-13(12)17-14/h2-6,8-9H,7,15H2,1H3. The maximum atomic E-state index is 5.81. The summed E-state index contributed by atoms with van der Waals surface area (Å²) in [5.74, 6) is 0.808. The molecule has 0 unspecified atom stereocenters. The molecule has 0 bridgehead atoms. The fourth-order valence-electron chi connectivity index (χ4n) is 2.06. The first-order valence-corrected chi connectivity index (χ1v) is 5.88. The summed E-state index contributed by atoms with van der Waals surface area (Å²) in [7, 11) is 0. The van der Waals surface area contributed by atoms with E-state index in [9.17, 15) is 0 Å². The number of aryl methyl sites for hydroxylation is 1. The Morgan fingerprint density at radius 3 is 2.83 bits per heavy atom. The summed E-state index contributed by atoms with van der Waals surface area (Å²) in [5.41, 5.74) is 8.96. The van der Waals surface area contributed by atoms with E-state index >= 15 is 0 Å². The van der Waals surface area contributed by atoms with E-state index in [-0.39, 0.29) is 0 Å². The molecule has 3 rings (SSSR count). The van der Waals surface area contributed by atoms with Crippen molar-refractivity contribution in [2.24, 2.45) is 5.73 Å². The second-order valence-electron chi connectivity index (χ2n) is 4.32. The highest BCUT2D eigenvalue weighted by molar-refractivity contribution is 5.83. The third-order valence-electron chi connectivity index (χ3n) is 2.95. The number of para-hydroxylation sites is 1. The minimum atomic E-state index is 0.496. The van der Waals surface area contributed by atoms with E-state index in [1.165, 1.54) is 0 Å². The van der Waals surface area contributed by atoms with Crippen molar-refractivity contribution >= 4 is 10.9 Å². The van der Waals surface area contributed by atoms with Crippen LogP contribution in [0.3, 0.4) is 0 Å². The second kappa shape index (κ2) is 4.23. The van der Waals surface area contributed by atoms with E-state index in [1.807, 2.05) is 49.6 Å². The van der Waals surface area contributed by atoms with Gasteiger partial charge in [-0.25, -0.2) is 9.67 Å². The van der Waals surface area contributed by atoms with Crippen LogP contribution in [0.15, 0.2) is 42.7 Å². The summed E-state index contributed by atoms with van der Waals surface area (Å²) in [6.07, 6.45) is 3.77. The molecule has 2 N–H and O–H groups in total. The molecule has 0 aliphatic carbocycles. The minimum Gasteiger partial charge on any atom is -0.326 e. The summed E-state index contributed by atoms with van der Waals surface area (Å²) < 4.78 is 1.78. The van der Waals surface area contributed by atoms with E-state index < -0.39 is 0 Å². The predicted octanol–water partition coefficient (Wildman–Crippen LogP) is 2.19. The molecule has 4 nitrogen and oxygen atoms in total. The van der Waals surface area contributed by atoms with Crippen molar-refractivity contribution in [1.82, 2.24) is 14.8 Å². The number of fused-ring (bicyclic) bond motifs is 1. The highest BCUT2D eigenvalue weighted by atomic mass is 15.3. The minimum absolute atomic E-state index is 0.496. The Kier molecular flexibility index (Phi) is 2.57. The van der Waals surface area contributed by atoms with Crippen LogP contribution in [0.1, 0.15) is 11.1 Å². The Balaban J connectivity index is 2.25. The Morgan fingerprint density at radius 2 is 2.11 bits per heavy atom. The zero-order chi connectivity index (χ0) is 12.5. The highest BCUT2D eigenvalue weighted by Gasteiger charge is 2.06.